The zero-order valence-electron chi connectivity index (χ0n) is 20.1. The molecule has 0 spiro atoms. The van der Waals surface area contributed by atoms with Gasteiger partial charge < -0.3 is 15.6 Å². The number of aliphatic hydroxyl groups is 1. The van der Waals surface area contributed by atoms with E-state index in [9.17, 15) is 15.2 Å². The summed E-state index contributed by atoms with van der Waals surface area (Å²) in [5.41, 5.74) is 3.45. The highest BCUT2D eigenvalue weighted by atomic mass is 16.5. The average Bonchev–Trinajstić information content (AvgIpc) is 2.99. The first-order valence-corrected chi connectivity index (χ1v) is 11.7. The van der Waals surface area contributed by atoms with Crippen LogP contribution in [0.1, 0.15) is 73.7 Å². The Morgan fingerprint density at radius 3 is 1.97 bits per heavy atom. The molecule has 34 heavy (non-hydrogen) atoms. The largest absolute Gasteiger partial charge is 0.387 e. The van der Waals surface area contributed by atoms with Gasteiger partial charge in [0.1, 0.15) is 6.04 Å². The van der Waals surface area contributed by atoms with E-state index in [2.05, 4.69) is 10.5 Å². The Labute approximate surface area is 201 Å². The van der Waals surface area contributed by atoms with Crippen molar-refractivity contribution in [2.75, 3.05) is 6.54 Å². The Morgan fingerprint density at radius 1 is 0.824 bits per heavy atom. The van der Waals surface area contributed by atoms with Crippen LogP contribution in [0.4, 0.5) is 0 Å². The van der Waals surface area contributed by atoms with E-state index in [0.717, 1.165) is 27.8 Å². The summed E-state index contributed by atoms with van der Waals surface area (Å²) in [6, 6.07) is 24.0. The smallest absolute Gasteiger partial charge is 0.136 e. The van der Waals surface area contributed by atoms with E-state index in [1.165, 1.54) is 5.06 Å². The van der Waals surface area contributed by atoms with E-state index >= 15 is 0 Å². The number of hydroxylamine groups is 2. The van der Waals surface area contributed by atoms with Crippen LogP contribution < -0.4 is 5.32 Å². The second-order valence-electron chi connectivity index (χ2n) is 10.0. The molecular formula is C28H33N3O3. The van der Waals surface area contributed by atoms with Crippen molar-refractivity contribution in [3.63, 3.8) is 0 Å². The summed E-state index contributed by atoms with van der Waals surface area (Å²) >= 11 is 0. The van der Waals surface area contributed by atoms with Gasteiger partial charge in [-0.15, -0.1) is 0 Å². The van der Waals surface area contributed by atoms with E-state index in [1.54, 1.807) is 0 Å². The second-order valence-corrected chi connectivity index (χ2v) is 10.0. The van der Waals surface area contributed by atoms with Crippen LogP contribution in [-0.2, 0) is 11.1 Å². The third-order valence-electron chi connectivity index (χ3n) is 7.07. The fourth-order valence-electron chi connectivity index (χ4n) is 5.13. The van der Waals surface area contributed by atoms with Crippen molar-refractivity contribution in [1.82, 2.24) is 10.4 Å². The molecule has 0 saturated carbocycles. The highest BCUT2D eigenvalue weighted by Gasteiger charge is 2.48. The third-order valence-corrected chi connectivity index (χ3v) is 7.07. The summed E-state index contributed by atoms with van der Waals surface area (Å²) in [5, 5.41) is 30.1. The molecule has 1 aliphatic rings. The standard InChI is InChI=1S/C28H33N3O3/c1-27(2)22-16-15-21(17-23(22)28(3,4)31(27)34)24(32)18-29-25(19-11-7-5-8-12-19)26(30-33)20-13-9-6-10-14-20/h5-17,24-26,29,32,34H,18H2,1-4H3. The van der Waals surface area contributed by atoms with E-state index in [-0.39, 0.29) is 6.54 Å². The minimum absolute atomic E-state index is 0.240. The Bertz CT molecular complexity index is 1130. The molecule has 178 valence electrons. The Hall–Kier alpha value is -2.90. The van der Waals surface area contributed by atoms with Gasteiger partial charge in [-0.2, -0.15) is 9.97 Å². The second kappa shape index (κ2) is 9.39. The van der Waals surface area contributed by atoms with Crippen LogP contribution in [0, 0.1) is 4.91 Å². The van der Waals surface area contributed by atoms with Crippen LogP contribution in [-0.4, -0.2) is 21.9 Å². The summed E-state index contributed by atoms with van der Waals surface area (Å²) in [6.07, 6.45) is -0.800. The summed E-state index contributed by atoms with van der Waals surface area (Å²) in [7, 11) is 0. The lowest BCUT2D eigenvalue weighted by molar-refractivity contribution is -0.216. The molecule has 3 atom stereocenters. The highest BCUT2D eigenvalue weighted by Crippen LogP contribution is 2.48. The normalized spacial score (nSPS) is 19.2. The van der Waals surface area contributed by atoms with Crippen molar-refractivity contribution in [3.8, 4) is 0 Å². The van der Waals surface area contributed by atoms with Crippen LogP contribution in [0.5, 0.6) is 0 Å². The number of nitrogens with zero attached hydrogens (tertiary/aromatic N) is 2. The lowest BCUT2D eigenvalue weighted by atomic mass is 9.88. The molecule has 0 fully saturated rings. The minimum atomic E-state index is -0.800. The lowest BCUT2D eigenvalue weighted by Gasteiger charge is -2.34. The van der Waals surface area contributed by atoms with Gasteiger partial charge in [-0.05, 0) is 55.5 Å². The molecule has 1 aliphatic heterocycles. The van der Waals surface area contributed by atoms with Gasteiger partial charge in [0.15, 0.2) is 0 Å². The molecular weight excluding hydrogens is 426 g/mol. The number of fused-ring (bicyclic) bond motifs is 1. The van der Waals surface area contributed by atoms with Crippen molar-refractivity contribution >= 4 is 0 Å². The molecule has 3 N–H and O–H groups in total. The predicted molar refractivity (Wildman–Crippen MR) is 133 cm³/mol. The van der Waals surface area contributed by atoms with Gasteiger partial charge in [-0.25, -0.2) is 0 Å². The maximum Gasteiger partial charge on any atom is 0.136 e. The predicted octanol–water partition coefficient (Wildman–Crippen LogP) is 5.73. The Balaban J connectivity index is 1.59. The number of nitrogens with one attached hydrogen (secondary N) is 1. The van der Waals surface area contributed by atoms with Gasteiger partial charge in [0.2, 0.25) is 0 Å². The fraction of sp³-hybridized carbons (Fsp3) is 0.357. The van der Waals surface area contributed by atoms with Gasteiger partial charge in [-0.3, -0.25) is 0 Å². The lowest BCUT2D eigenvalue weighted by Crippen LogP contribution is -2.42. The van der Waals surface area contributed by atoms with Crippen LogP contribution in [0.15, 0.2) is 84.0 Å². The first kappa shape index (κ1) is 24.2. The molecule has 0 aliphatic carbocycles. The zero-order valence-corrected chi connectivity index (χ0v) is 20.1. The molecule has 0 radical (unpaired) electrons. The third kappa shape index (κ3) is 4.30. The first-order chi connectivity index (χ1) is 16.2. The fourth-order valence-corrected chi connectivity index (χ4v) is 5.13. The maximum absolute atomic E-state index is 11.9. The molecule has 0 bridgehead atoms. The van der Waals surface area contributed by atoms with Gasteiger partial charge in [-0.1, -0.05) is 84.0 Å². The van der Waals surface area contributed by atoms with Crippen LogP contribution in [0.2, 0.25) is 0 Å². The quantitative estimate of drug-likeness (QED) is 0.374. The van der Waals surface area contributed by atoms with Crippen molar-refractivity contribution in [1.29, 1.82) is 0 Å². The summed E-state index contributed by atoms with van der Waals surface area (Å²) in [4.78, 5) is 11.9. The summed E-state index contributed by atoms with van der Waals surface area (Å²) in [5.74, 6) is 0. The topological polar surface area (TPSA) is 85.2 Å². The maximum atomic E-state index is 11.9. The van der Waals surface area contributed by atoms with Crippen molar-refractivity contribution in [2.24, 2.45) is 5.18 Å². The van der Waals surface area contributed by atoms with Gasteiger partial charge in [0.25, 0.3) is 0 Å². The number of aliphatic hydroxyl groups excluding tert-OH is 1. The number of benzene rings is 3. The molecule has 1 heterocycles. The van der Waals surface area contributed by atoms with Crippen LogP contribution in [0.25, 0.3) is 0 Å². The molecule has 3 unspecified atom stereocenters. The van der Waals surface area contributed by atoms with E-state index in [0.29, 0.717) is 0 Å². The molecule has 0 amide bonds. The zero-order chi connectivity index (χ0) is 24.5. The summed E-state index contributed by atoms with van der Waals surface area (Å²) in [6.45, 7) is 8.16. The van der Waals surface area contributed by atoms with Gasteiger partial charge in [0, 0.05) is 6.54 Å². The van der Waals surface area contributed by atoms with Crippen molar-refractivity contribution < 1.29 is 10.3 Å². The molecule has 6 nitrogen and oxygen atoms in total. The number of hydrogen-bond donors (Lipinski definition) is 3. The minimum Gasteiger partial charge on any atom is -0.387 e. The van der Waals surface area contributed by atoms with Gasteiger partial charge >= 0.3 is 0 Å². The Kier molecular flexibility index (Phi) is 6.69. The first-order valence-electron chi connectivity index (χ1n) is 11.7. The molecule has 0 saturated heterocycles. The van der Waals surface area contributed by atoms with Crippen molar-refractivity contribution in [3.05, 3.63) is 112 Å². The van der Waals surface area contributed by atoms with E-state index in [1.807, 2.05) is 107 Å². The molecule has 4 rings (SSSR count). The van der Waals surface area contributed by atoms with Gasteiger partial charge in [0.05, 0.1) is 23.2 Å². The van der Waals surface area contributed by atoms with Crippen LogP contribution >= 0.6 is 0 Å². The Morgan fingerprint density at radius 2 is 1.38 bits per heavy atom. The number of hydrogen-bond acceptors (Lipinski definition) is 6. The highest BCUT2D eigenvalue weighted by molar-refractivity contribution is 5.45. The molecule has 6 heteroatoms. The SMILES string of the molecule is CC1(C)c2ccc(C(O)CNC(c3ccccc3)C(N=O)c3ccccc3)cc2C(C)(C)N1O. The van der Waals surface area contributed by atoms with E-state index < -0.39 is 29.3 Å². The van der Waals surface area contributed by atoms with Crippen LogP contribution in [0.3, 0.4) is 0 Å². The number of rotatable bonds is 8. The molecule has 3 aromatic carbocycles. The average molecular weight is 460 g/mol. The monoisotopic (exact) mass is 459 g/mol. The van der Waals surface area contributed by atoms with E-state index in [4.69, 9.17) is 0 Å². The number of nitroso groups, excluding NO2 is 1. The molecule has 3 aromatic rings. The molecule has 0 aromatic heterocycles. The summed E-state index contributed by atoms with van der Waals surface area (Å²) < 4.78 is 0. The van der Waals surface area contributed by atoms with Crippen molar-refractivity contribution in [2.45, 2.75) is 57.0 Å².